The van der Waals surface area contributed by atoms with Crippen LogP contribution in [0.15, 0.2) is 36.9 Å². The summed E-state index contributed by atoms with van der Waals surface area (Å²) >= 11 is 3.56. The van der Waals surface area contributed by atoms with Crippen molar-refractivity contribution in [3.63, 3.8) is 0 Å². The van der Waals surface area contributed by atoms with Gasteiger partial charge in [0.2, 0.25) is 0 Å². The molecule has 1 atom stereocenters. The molecule has 0 aromatic heterocycles. The maximum Gasteiger partial charge on any atom is 0.0207 e. The molecule has 0 amide bonds. The molecule has 132 valence electrons. The van der Waals surface area contributed by atoms with Crippen molar-refractivity contribution < 1.29 is 0 Å². The van der Waals surface area contributed by atoms with Gasteiger partial charge in [-0.3, -0.25) is 0 Å². The van der Waals surface area contributed by atoms with E-state index in [9.17, 15) is 0 Å². The average molecular weight is 381 g/mol. The highest BCUT2D eigenvalue weighted by Crippen LogP contribution is 2.25. The second kappa shape index (κ2) is 16.1. The van der Waals surface area contributed by atoms with E-state index in [4.69, 9.17) is 0 Å². The molecule has 0 radical (unpaired) electrons. The highest BCUT2D eigenvalue weighted by Gasteiger charge is 2.01. The number of aryl methyl sites for hydroxylation is 2. The Morgan fingerprint density at radius 2 is 1.87 bits per heavy atom. The Morgan fingerprint density at radius 1 is 1.26 bits per heavy atom. The number of hydrogen-bond acceptors (Lipinski definition) is 0. The standard InChI is InChI=1S/C12H15Br.C8H16.C2H6/c1-4-10-7-6-9(3)11(8-10)12(13)5-2;1-4-6-7-8(3)5-2;1-2/h5-8H,4H2,1-3H3;4,8H,1,5-7H2,2-3H3;1-2H3/b12-5+;;. The fraction of sp³-hybridized carbons (Fsp3) is 0.545. The maximum atomic E-state index is 3.67. The zero-order chi connectivity index (χ0) is 18.3. The Labute approximate surface area is 154 Å². The Balaban J connectivity index is 0. The fourth-order valence-electron chi connectivity index (χ4n) is 1.91. The summed E-state index contributed by atoms with van der Waals surface area (Å²) < 4.78 is 1.18. The van der Waals surface area contributed by atoms with Gasteiger partial charge >= 0.3 is 0 Å². The van der Waals surface area contributed by atoms with Crippen LogP contribution >= 0.6 is 15.9 Å². The zero-order valence-electron chi connectivity index (χ0n) is 16.4. The van der Waals surface area contributed by atoms with Gasteiger partial charge in [-0.1, -0.05) is 87.3 Å². The first-order valence-electron chi connectivity index (χ1n) is 9.02. The normalized spacial score (nSPS) is 11.6. The first-order valence-corrected chi connectivity index (χ1v) is 9.81. The first kappa shape index (κ1) is 24.4. The summed E-state index contributed by atoms with van der Waals surface area (Å²) in [7, 11) is 0. The SMILES string of the molecule is C/C=C(/Br)c1cc(CC)ccc1C.C=CCCC(C)CC.CC. The fourth-order valence-corrected chi connectivity index (χ4v) is 2.34. The van der Waals surface area contributed by atoms with E-state index in [0.717, 1.165) is 12.3 Å². The van der Waals surface area contributed by atoms with E-state index in [1.54, 1.807) is 0 Å². The third-order valence-electron chi connectivity index (χ3n) is 3.78. The quantitative estimate of drug-likeness (QED) is 0.434. The largest absolute Gasteiger partial charge is 0.103 e. The lowest BCUT2D eigenvalue weighted by Gasteiger charge is -2.06. The predicted molar refractivity (Wildman–Crippen MR) is 113 cm³/mol. The van der Waals surface area contributed by atoms with Crippen molar-refractivity contribution in [3.05, 3.63) is 53.6 Å². The summed E-state index contributed by atoms with van der Waals surface area (Å²) in [6.45, 7) is 18.5. The zero-order valence-corrected chi connectivity index (χ0v) is 18.0. The van der Waals surface area contributed by atoms with Gasteiger partial charge in [0, 0.05) is 4.48 Å². The van der Waals surface area contributed by atoms with Crippen LogP contribution in [0, 0.1) is 12.8 Å². The van der Waals surface area contributed by atoms with E-state index in [-0.39, 0.29) is 0 Å². The van der Waals surface area contributed by atoms with Gasteiger partial charge in [0.25, 0.3) is 0 Å². The summed E-state index contributed by atoms with van der Waals surface area (Å²) in [5.41, 5.74) is 4.02. The molecule has 23 heavy (non-hydrogen) atoms. The molecule has 0 aliphatic carbocycles. The van der Waals surface area contributed by atoms with Crippen molar-refractivity contribution in [1.29, 1.82) is 0 Å². The summed E-state index contributed by atoms with van der Waals surface area (Å²) in [6.07, 6.45) is 8.95. The van der Waals surface area contributed by atoms with Crippen LogP contribution < -0.4 is 0 Å². The van der Waals surface area contributed by atoms with Crippen molar-refractivity contribution >= 4 is 20.4 Å². The lowest BCUT2D eigenvalue weighted by Crippen LogP contribution is -1.88. The lowest BCUT2D eigenvalue weighted by atomic mass is 10.0. The molecule has 0 aliphatic rings. The van der Waals surface area contributed by atoms with Gasteiger partial charge in [0.15, 0.2) is 0 Å². The second-order valence-electron chi connectivity index (χ2n) is 5.52. The van der Waals surface area contributed by atoms with Gasteiger partial charge in [-0.25, -0.2) is 0 Å². The van der Waals surface area contributed by atoms with Gasteiger partial charge in [-0.05, 0) is 55.7 Å². The number of halogens is 1. The van der Waals surface area contributed by atoms with E-state index in [0.29, 0.717) is 0 Å². The Kier molecular flexibility index (Phi) is 17.1. The third-order valence-corrected chi connectivity index (χ3v) is 4.67. The van der Waals surface area contributed by atoms with Crippen LogP contribution in [0.3, 0.4) is 0 Å². The molecule has 0 bridgehead atoms. The smallest absolute Gasteiger partial charge is 0.0207 e. The maximum absolute atomic E-state index is 3.67. The van der Waals surface area contributed by atoms with Gasteiger partial charge in [-0.2, -0.15) is 0 Å². The minimum absolute atomic E-state index is 0.882. The molecular weight excluding hydrogens is 344 g/mol. The topological polar surface area (TPSA) is 0 Å². The average Bonchev–Trinajstić information content (AvgIpc) is 2.61. The molecule has 0 fully saturated rings. The summed E-state index contributed by atoms with van der Waals surface area (Å²) in [5, 5.41) is 0. The number of rotatable bonds is 6. The van der Waals surface area contributed by atoms with Crippen molar-refractivity contribution in [1.82, 2.24) is 0 Å². The molecule has 1 unspecified atom stereocenters. The molecule has 0 nitrogen and oxygen atoms in total. The van der Waals surface area contributed by atoms with Crippen molar-refractivity contribution in [3.8, 4) is 0 Å². The van der Waals surface area contributed by atoms with Crippen LogP contribution in [-0.4, -0.2) is 0 Å². The van der Waals surface area contributed by atoms with Crippen molar-refractivity contribution in [2.24, 2.45) is 5.92 Å². The number of allylic oxidation sites excluding steroid dienone is 2. The molecular formula is C22H37Br. The van der Waals surface area contributed by atoms with Crippen LogP contribution in [0.5, 0.6) is 0 Å². The lowest BCUT2D eigenvalue weighted by molar-refractivity contribution is 0.522. The van der Waals surface area contributed by atoms with E-state index in [2.05, 4.69) is 74.5 Å². The summed E-state index contributed by atoms with van der Waals surface area (Å²) in [4.78, 5) is 0. The number of hydrogen-bond donors (Lipinski definition) is 0. The molecule has 0 spiro atoms. The van der Waals surface area contributed by atoms with E-state index in [1.807, 2.05) is 26.8 Å². The van der Waals surface area contributed by atoms with E-state index < -0.39 is 0 Å². The molecule has 1 heteroatoms. The van der Waals surface area contributed by atoms with Gasteiger partial charge < -0.3 is 0 Å². The Bertz CT molecular complexity index is 443. The molecule has 0 aliphatic heterocycles. The van der Waals surface area contributed by atoms with Crippen molar-refractivity contribution in [2.75, 3.05) is 0 Å². The van der Waals surface area contributed by atoms with Gasteiger partial charge in [0.05, 0.1) is 0 Å². The molecule has 0 N–H and O–H groups in total. The minimum atomic E-state index is 0.882. The monoisotopic (exact) mass is 380 g/mol. The van der Waals surface area contributed by atoms with E-state index >= 15 is 0 Å². The third kappa shape index (κ3) is 11.4. The summed E-state index contributed by atoms with van der Waals surface area (Å²) in [5.74, 6) is 0.882. The molecule has 1 aromatic rings. The summed E-state index contributed by atoms with van der Waals surface area (Å²) in [6, 6.07) is 6.62. The first-order chi connectivity index (χ1) is 11.0. The van der Waals surface area contributed by atoms with Gasteiger partial charge in [-0.15, -0.1) is 6.58 Å². The van der Waals surface area contributed by atoms with Gasteiger partial charge in [0.1, 0.15) is 0 Å². The van der Waals surface area contributed by atoms with Crippen LogP contribution in [0.25, 0.3) is 4.48 Å². The molecule has 0 heterocycles. The Hall–Kier alpha value is -0.820. The molecule has 1 rings (SSSR count). The predicted octanol–water partition coefficient (Wildman–Crippen LogP) is 8.34. The molecule has 0 saturated carbocycles. The van der Waals surface area contributed by atoms with Crippen LogP contribution in [0.1, 0.15) is 77.5 Å². The van der Waals surface area contributed by atoms with Crippen LogP contribution in [0.2, 0.25) is 0 Å². The molecule has 0 saturated heterocycles. The molecule has 1 aromatic carbocycles. The number of benzene rings is 1. The highest BCUT2D eigenvalue weighted by atomic mass is 79.9. The van der Waals surface area contributed by atoms with E-state index in [1.165, 1.54) is 40.4 Å². The van der Waals surface area contributed by atoms with Crippen molar-refractivity contribution in [2.45, 2.75) is 74.1 Å². The Morgan fingerprint density at radius 3 is 2.30 bits per heavy atom. The van der Waals surface area contributed by atoms with Crippen LogP contribution in [0.4, 0.5) is 0 Å². The van der Waals surface area contributed by atoms with Crippen LogP contribution in [-0.2, 0) is 6.42 Å². The minimum Gasteiger partial charge on any atom is -0.103 e. The second-order valence-corrected chi connectivity index (χ2v) is 6.37. The highest BCUT2D eigenvalue weighted by molar-refractivity contribution is 9.15.